The third-order valence-electron chi connectivity index (χ3n) is 2.61. The molecule has 0 atom stereocenters. The number of nitrogens with one attached hydrogen (secondary N) is 2. The molecular weight excluding hydrogens is 280 g/mol. The second kappa shape index (κ2) is 6.12. The lowest BCUT2D eigenvalue weighted by atomic mass is 10.3. The number of rotatable bonds is 6. The van der Waals surface area contributed by atoms with Crippen molar-refractivity contribution >= 4 is 10.0 Å². The van der Waals surface area contributed by atoms with Crippen molar-refractivity contribution in [3.05, 3.63) is 41.7 Å². The first-order valence-electron chi connectivity index (χ1n) is 6.03. The number of hydrogen-bond donors (Lipinski definition) is 2. The van der Waals surface area contributed by atoms with E-state index in [1.165, 1.54) is 13.1 Å². The summed E-state index contributed by atoms with van der Waals surface area (Å²) in [6.45, 7) is 2.80. The van der Waals surface area contributed by atoms with E-state index < -0.39 is 10.0 Å². The van der Waals surface area contributed by atoms with Gasteiger partial charge in [0.05, 0.1) is 12.2 Å². The van der Waals surface area contributed by atoms with E-state index in [0.717, 1.165) is 5.69 Å². The zero-order chi connectivity index (χ0) is 14.6. The Morgan fingerprint density at radius 2 is 2.05 bits per heavy atom. The van der Waals surface area contributed by atoms with E-state index in [1.807, 2.05) is 13.0 Å². The van der Waals surface area contributed by atoms with Crippen molar-refractivity contribution in [3.8, 4) is 0 Å². The van der Waals surface area contributed by atoms with Gasteiger partial charge in [0.15, 0.2) is 0 Å². The summed E-state index contributed by atoms with van der Waals surface area (Å²) < 4.78 is 30.5. The average Bonchev–Trinajstić information content (AvgIpc) is 2.88. The first kappa shape index (κ1) is 14.6. The lowest BCUT2D eigenvalue weighted by molar-refractivity contribution is 0.400. The topological polar surface area (TPSA) is 97.1 Å². The molecule has 7 nitrogen and oxygen atoms in total. The Morgan fingerprint density at radius 3 is 2.75 bits per heavy atom. The van der Waals surface area contributed by atoms with E-state index in [1.54, 1.807) is 12.3 Å². The minimum absolute atomic E-state index is 0.0883. The highest BCUT2D eigenvalue weighted by Gasteiger charge is 2.15. The van der Waals surface area contributed by atoms with Crippen LogP contribution < -0.4 is 10.0 Å². The fraction of sp³-hybridized carbons (Fsp3) is 0.333. The predicted molar refractivity (Wildman–Crippen MR) is 72.3 cm³/mol. The molecular formula is C12H16N4O3S. The maximum absolute atomic E-state index is 11.5. The van der Waals surface area contributed by atoms with Gasteiger partial charge in [-0.2, -0.15) is 0 Å². The van der Waals surface area contributed by atoms with Crippen LogP contribution in [0.1, 0.15) is 17.3 Å². The van der Waals surface area contributed by atoms with E-state index in [4.69, 9.17) is 4.42 Å². The maximum Gasteiger partial charge on any atom is 0.273 e. The Morgan fingerprint density at radius 1 is 1.25 bits per heavy atom. The minimum Gasteiger partial charge on any atom is -0.447 e. The van der Waals surface area contributed by atoms with Crippen LogP contribution in [0.3, 0.4) is 0 Å². The quantitative estimate of drug-likeness (QED) is 0.809. The second-order valence-electron chi connectivity index (χ2n) is 4.13. The highest BCUT2D eigenvalue weighted by Crippen LogP contribution is 2.13. The van der Waals surface area contributed by atoms with Gasteiger partial charge in [0.2, 0.25) is 5.09 Å². The molecule has 0 bridgehead atoms. The van der Waals surface area contributed by atoms with Gasteiger partial charge in [-0.05, 0) is 32.2 Å². The van der Waals surface area contributed by atoms with Crippen molar-refractivity contribution in [1.82, 2.24) is 20.0 Å². The second-order valence-corrected chi connectivity index (χ2v) is 5.94. The van der Waals surface area contributed by atoms with Gasteiger partial charge in [0, 0.05) is 12.7 Å². The van der Waals surface area contributed by atoms with Crippen molar-refractivity contribution < 1.29 is 12.8 Å². The fourth-order valence-electron chi connectivity index (χ4n) is 1.62. The lowest BCUT2D eigenvalue weighted by Crippen LogP contribution is -2.18. The minimum atomic E-state index is -3.53. The van der Waals surface area contributed by atoms with Gasteiger partial charge in [-0.25, -0.2) is 23.1 Å². The lowest BCUT2D eigenvalue weighted by Gasteiger charge is -2.03. The number of furan rings is 1. The highest BCUT2D eigenvalue weighted by atomic mass is 32.2. The molecule has 0 amide bonds. The molecule has 2 aromatic rings. The number of hydrogen-bond acceptors (Lipinski definition) is 6. The molecule has 2 heterocycles. The van der Waals surface area contributed by atoms with E-state index >= 15 is 0 Å². The third-order valence-corrected chi connectivity index (χ3v) is 3.90. The third kappa shape index (κ3) is 3.62. The van der Waals surface area contributed by atoms with Gasteiger partial charge in [-0.1, -0.05) is 0 Å². The number of nitrogens with zero attached hydrogens (tertiary/aromatic N) is 2. The Hall–Kier alpha value is -1.77. The van der Waals surface area contributed by atoms with Crippen LogP contribution in [0.25, 0.3) is 0 Å². The Labute approximate surface area is 117 Å². The van der Waals surface area contributed by atoms with Gasteiger partial charge in [-0.3, -0.25) is 0 Å². The van der Waals surface area contributed by atoms with Gasteiger partial charge in [-0.15, -0.1) is 0 Å². The van der Waals surface area contributed by atoms with Crippen LogP contribution in [0.15, 0.2) is 33.9 Å². The Balaban J connectivity index is 1.92. The van der Waals surface area contributed by atoms with Crippen LogP contribution in [-0.4, -0.2) is 25.4 Å². The first-order chi connectivity index (χ1) is 9.51. The molecule has 2 N–H and O–H groups in total. The molecule has 8 heteroatoms. The van der Waals surface area contributed by atoms with Gasteiger partial charge >= 0.3 is 0 Å². The largest absolute Gasteiger partial charge is 0.447 e. The molecule has 2 aromatic heterocycles. The fourth-order valence-corrected chi connectivity index (χ4v) is 2.28. The summed E-state index contributed by atoms with van der Waals surface area (Å²) in [4.78, 5) is 8.27. The molecule has 0 aliphatic rings. The first-order valence-corrected chi connectivity index (χ1v) is 7.51. The number of aromatic nitrogens is 2. The molecule has 0 radical (unpaired) electrons. The average molecular weight is 296 g/mol. The van der Waals surface area contributed by atoms with Crippen molar-refractivity contribution in [2.75, 3.05) is 7.05 Å². The molecule has 0 saturated carbocycles. The molecule has 108 valence electrons. The molecule has 0 fully saturated rings. The van der Waals surface area contributed by atoms with Gasteiger partial charge in [0.1, 0.15) is 11.6 Å². The van der Waals surface area contributed by atoms with Gasteiger partial charge in [0.25, 0.3) is 10.0 Å². The van der Waals surface area contributed by atoms with E-state index in [-0.39, 0.29) is 5.09 Å². The van der Waals surface area contributed by atoms with Crippen LogP contribution in [0, 0.1) is 6.92 Å². The number of aryl methyl sites for hydroxylation is 1. The number of sulfonamides is 1. The summed E-state index contributed by atoms with van der Waals surface area (Å²) in [5.41, 5.74) is 0.868. The van der Waals surface area contributed by atoms with E-state index in [2.05, 4.69) is 20.0 Å². The standard InChI is InChI=1S/C12H16N4O3S/c1-9-15-6-5-10(16-9)7-14-8-11-3-4-12(19-11)20(17,18)13-2/h3-6,13-14H,7-8H2,1-2H3. The molecule has 0 aliphatic carbocycles. The molecule has 0 saturated heterocycles. The van der Waals surface area contributed by atoms with Crippen LogP contribution in [-0.2, 0) is 23.1 Å². The van der Waals surface area contributed by atoms with E-state index in [9.17, 15) is 8.42 Å². The summed E-state index contributed by atoms with van der Waals surface area (Å²) in [5, 5.41) is 3.04. The zero-order valence-electron chi connectivity index (χ0n) is 11.3. The summed E-state index contributed by atoms with van der Waals surface area (Å²) in [6, 6.07) is 4.87. The Bertz CT molecular complexity index is 682. The molecule has 0 unspecified atom stereocenters. The Kier molecular flexibility index (Phi) is 4.48. The predicted octanol–water partition coefficient (Wildman–Crippen LogP) is 0.576. The van der Waals surface area contributed by atoms with Crippen LogP contribution >= 0.6 is 0 Å². The molecule has 0 spiro atoms. The summed E-state index contributed by atoms with van der Waals surface area (Å²) in [6.07, 6.45) is 1.70. The van der Waals surface area contributed by atoms with Crippen molar-refractivity contribution in [2.45, 2.75) is 25.1 Å². The van der Waals surface area contributed by atoms with Crippen LogP contribution in [0.2, 0.25) is 0 Å². The summed E-state index contributed by atoms with van der Waals surface area (Å²) in [7, 11) is -2.18. The smallest absolute Gasteiger partial charge is 0.273 e. The van der Waals surface area contributed by atoms with E-state index in [0.29, 0.717) is 24.7 Å². The summed E-state index contributed by atoms with van der Waals surface area (Å²) >= 11 is 0. The maximum atomic E-state index is 11.5. The molecule has 0 aromatic carbocycles. The summed E-state index contributed by atoms with van der Waals surface area (Å²) in [5.74, 6) is 1.26. The van der Waals surface area contributed by atoms with Gasteiger partial charge < -0.3 is 9.73 Å². The van der Waals surface area contributed by atoms with Crippen LogP contribution in [0.4, 0.5) is 0 Å². The van der Waals surface area contributed by atoms with Crippen molar-refractivity contribution in [1.29, 1.82) is 0 Å². The monoisotopic (exact) mass is 296 g/mol. The normalized spacial score (nSPS) is 11.7. The van der Waals surface area contributed by atoms with Crippen molar-refractivity contribution in [2.24, 2.45) is 0 Å². The SMILES string of the molecule is CNS(=O)(=O)c1ccc(CNCc2ccnc(C)n2)o1. The zero-order valence-corrected chi connectivity index (χ0v) is 12.1. The molecule has 20 heavy (non-hydrogen) atoms. The highest BCUT2D eigenvalue weighted by molar-refractivity contribution is 7.89. The molecule has 0 aliphatic heterocycles. The van der Waals surface area contributed by atoms with Crippen molar-refractivity contribution in [3.63, 3.8) is 0 Å². The van der Waals surface area contributed by atoms with Crippen LogP contribution in [0.5, 0.6) is 0 Å². The molecule has 2 rings (SSSR count).